The smallest absolute Gasteiger partial charge is 0.460 e. The monoisotopic (exact) mass is 580 g/mol. The third kappa shape index (κ3) is 3.84. The van der Waals surface area contributed by atoms with Crippen molar-refractivity contribution in [1.82, 2.24) is 0 Å². The molecule has 1 N–H and O–H groups in total. The predicted molar refractivity (Wildman–Crippen MR) is 83.8 cm³/mol. The number of phenolic OH excluding ortho intramolecular Hbond substituents is 1. The van der Waals surface area contributed by atoms with Gasteiger partial charge in [-0.3, -0.25) is 0 Å². The molecule has 0 unspecified atom stereocenters. The highest BCUT2D eigenvalue weighted by Gasteiger charge is 2.95. The zero-order chi connectivity index (χ0) is 29.4. The van der Waals surface area contributed by atoms with E-state index in [4.69, 9.17) is 5.11 Å². The van der Waals surface area contributed by atoms with Crippen molar-refractivity contribution in [3.63, 3.8) is 0 Å². The first-order chi connectivity index (χ1) is 16.1. The molecule has 0 aliphatic rings. The second-order valence-electron chi connectivity index (χ2n) is 7.19. The van der Waals surface area contributed by atoms with Gasteiger partial charge in [0.15, 0.2) is 0 Å². The van der Waals surface area contributed by atoms with Crippen molar-refractivity contribution in [3.05, 3.63) is 40.2 Å². The average molecular weight is 580 g/mol. The molecule has 1 aromatic carbocycles. The van der Waals surface area contributed by atoms with E-state index >= 15 is 0 Å². The first kappa shape index (κ1) is 30.3. The lowest BCUT2D eigenvalue weighted by atomic mass is 9.87. The lowest BCUT2D eigenvalue weighted by Gasteiger charge is -2.42. The molecule has 0 spiro atoms. The Kier molecular flexibility index (Phi) is 6.56. The summed E-state index contributed by atoms with van der Waals surface area (Å²) in [5, 5.41) is 8.24. The standard InChI is InChI=1S/C17H5F17O3/c18-10(19,7-3-5-1-2-6(35)4-8(5)37-9(7)36)11(20,21)12(22,23)13(24,25)14(26,27)15(28,29)16(30,31)17(32,33)34/h1-4,35H. The number of alkyl halides is 17. The number of hydrogen-bond donors (Lipinski definition) is 1. The molecular formula is C17H5F17O3. The number of halogens is 17. The second kappa shape index (κ2) is 8.02. The van der Waals surface area contributed by atoms with Gasteiger partial charge in [0.05, 0.1) is 0 Å². The van der Waals surface area contributed by atoms with Crippen LogP contribution in [0.5, 0.6) is 5.75 Å². The first-order valence-corrected chi connectivity index (χ1v) is 8.61. The molecule has 0 aliphatic heterocycles. The van der Waals surface area contributed by atoms with E-state index < -0.39 is 81.6 Å². The topological polar surface area (TPSA) is 50.4 Å². The number of hydrogen-bond acceptors (Lipinski definition) is 3. The molecule has 3 nitrogen and oxygen atoms in total. The second-order valence-corrected chi connectivity index (χ2v) is 7.19. The van der Waals surface area contributed by atoms with E-state index in [9.17, 15) is 79.4 Å². The molecule has 0 aliphatic carbocycles. The van der Waals surface area contributed by atoms with Crippen LogP contribution in [0.1, 0.15) is 5.56 Å². The van der Waals surface area contributed by atoms with Gasteiger partial charge in [0.25, 0.3) is 0 Å². The highest BCUT2D eigenvalue weighted by atomic mass is 19.4. The summed E-state index contributed by atoms with van der Waals surface area (Å²) in [4.78, 5) is 11.6. The Hall–Kier alpha value is -2.96. The fraction of sp³-hybridized carbons (Fsp3) is 0.471. The zero-order valence-corrected chi connectivity index (χ0v) is 16.5. The van der Waals surface area contributed by atoms with Gasteiger partial charge in [-0.1, -0.05) is 0 Å². The van der Waals surface area contributed by atoms with Crippen molar-refractivity contribution < 1.29 is 84.2 Å². The number of rotatable bonds is 7. The number of aromatic hydroxyl groups is 1. The van der Waals surface area contributed by atoms with Crippen LogP contribution < -0.4 is 5.63 Å². The summed E-state index contributed by atoms with van der Waals surface area (Å²) in [7, 11) is 0. The average Bonchev–Trinajstić information content (AvgIpc) is 2.71. The molecule has 1 aromatic heterocycles. The summed E-state index contributed by atoms with van der Waals surface area (Å²) in [5.74, 6) is -58.8. The quantitative estimate of drug-likeness (QED) is 0.285. The molecule has 0 saturated carbocycles. The fourth-order valence-electron chi connectivity index (χ4n) is 2.65. The number of fused-ring (bicyclic) bond motifs is 1. The van der Waals surface area contributed by atoms with Gasteiger partial charge in [0.2, 0.25) is 0 Å². The van der Waals surface area contributed by atoms with Crippen LogP contribution in [-0.4, -0.2) is 46.8 Å². The van der Waals surface area contributed by atoms with Crippen molar-refractivity contribution in [2.45, 2.75) is 47.6 Å². The van der Waals surface area contributed by atoms with Gasteiger partial charge < -0.3 is 9.52 Å². The summed E-state index contributed by atoms with van der Waals surface area (Å²) < 4.78 is 231. The van der Waals surface area contributed by atoms with Crippen LogP contribution in [0, 0.1) is 0 Å². The minimum Gasteiger partial charge on any atom is -0.508 e. The largest absolute Gasteiger partial charge is 0.508 e. The summed E-state index contributed by atoms with van der Waals surface area (Å²) in [6.45, 7) is 0. The Bertz CT molecular complexity index is 1240. The van der Waals surface area contributed by atoms with Crippen molar-refractivity contribution in [1.29, 1.82) is 0 Å². The predicted octanol–water partition coefficient (Wildman–Crippen LogP) is 6.96. The van der Waals surface area contributed by atoms with E-state index in [1.165, 1.54) is 0 Å². The van der Waals surface area contributed by atoms with Gasteiger partial charge in [-0.2, -0.15) is 74.6 Å². The van der Waals surface area contributed by atoms with Crippen LogP contribution in [0.25, 0.3) is 11.0 Å². The van der Waals surface area contributed by atoms with E-state index in [2.05, 4.69) is 4.42 Å². The van der Waals surface area contributed by atoms with Gasteiger partial charge in [-0.05, 0) is 18.2 Å². The Morgan fingerprint density at radius 2 is 0.973 bits per heavy atom. The van der Waals surface area contributed by atoms with Gasteiger partial charge in [-0.15, -0.1) is 0 Å². The molecule has 2 aromatic rings. The molecule has 0 saturated heterocycles. The molecule has 1 heterocycles. The van der Waals surface area contributed by atoms with Gasteiger partial charge in [-0.25, -0.2) is 4.79 Å². The molecular weight excluding hydrogens is 575 g/mol. The van der Waals surface area contributed by atoms with Crippen molar-refractivity contribution in [3.8, 4) is 5.75 Å². The van der Waals surface area contributed by atoms with Crippen LogP contribution in [0.15, 0.2) is 33.5 Å². The van der Waals surface area contributed by atoms with Crippen LogP contribution in [0.3, 0.4) is 0 Å². The van der Waals surface area contributed by atoms with Gasteiger partial charge >= 0.3 is 53.3 Å². The van der Waals surface area contributed by atoms with Gasteiger partial charge in [0, 0.05) is 11.5 Å². The Labute approximate surface area is 190 Å². The summed E-state index contributed by atoms with van der Waals surface area (Å²) in [5.41, 5.74) is -6.64. The third-order valence-corrected chi connectivity index (χ3v) is 4.78. The molecule has 0 fully saturated rings. The maximum Gasteiger partial charge on any atom is 0.460 e. The first-order valence-electron chi connectivity index (χ1n) is 8.61. The van der Waals surface area contributed by atoms with Crippen LogP contribution in [0.4, 0.5) is 74.6 Å². The Morgan fingerprint density at radius 3 is 1.41 bits per heavy atom. The van der Waals surface area contributed by atoms with E-state index in [0.29, 0.717) is 18.2 Å². The van der Waals surface area contributed by atoms with Crippen molar-refractivity contribution in [2.75, 3.05) is 0 Å². The lowest BCUT2D eigenvalue weighted by molar-refractivity contribution is -0.462. The minimum atomic E-state index is -8.77. The molecule has 37 heavy (non-hydrogen) atoms. The molecule has 2 rings (SSSR count). The highest BCUT2D eigenvalue weighted by molar-refractivity contribution is 5.78. The Morgan fingerprint density at radius 1 is 0.568 bits per heavy atom. The molecule has 0 bridgehead atoms. The van der Waals surface area contributed by atoms with E-state index in [1.54, 1.807) is 0 Å². The zero-order valence-electron chi connectivity index (χ0n) is 16.5. The maximum absolute atomic E-state index is 14.3. The highest BCUT2D eigenvalue weighted by Crippen LogP contribution is 2.64. The third-order valence-electron chi connectivity index (χ3n) is 4.78. The van der Waals surface area contributed by atoms with E-state index in [1.807, 2.05) is 0 Å². The molecule has 210 valence electrons. The van der Waals surface area contributed by atoms with E-state index in [0.717, 1.165) is 0 Å². The van der Waals surface area contributed by atoms with Gasteiger partial charge in [0.1, 0.15) is 16.9 Å². The molecule has 0 atom stereocenters. The molecule has 20 heteroatoms. The maximum atomic E-state index is 14.3. The lowest BCUT2D eigenvalue weighted by Crippen LogP contribution is -2.74. The normalized spacial score (nSPS) is 15.4. The molecule has 0 amide bonds. The molecule has 0 radical (unpaired) electrons. The summed E-state index contributed by atoms with van der Waals surface area (Å²) in [6.07, 6.45) is -7.85. The summed E-state index contributed by atoms with van der Waals surface area (Å²) >= 11 is 0. The number of phenols is 1. The number of benzene rings is 1. The summed E-state index contributed by atoms with van der Waals surface area (Å²) in [6, 6.07) is 1.09. The minimum absolute atomic E-state index is 0.451. The van der Waals surface area contributed by atoms with Crippen molar-refractivity contribution in [2.24, 2.45) is 0 Å². The SMILES string of the molecule is O=c1oc2cc(O)ccc2cc1C(F)(F)C(F)(F)C(F)(F)C(F)(F)C(F)(F)C(F)(F)C(F)(F)C(F)(F)F. The van der Waals surface area contributed by atoms with Crippen LogP contribution in [-0.2, 0) is 5.92 Å². The van der Waals surface area contributed by atoms with Crippen LogP contribution >= 0.6 is 0 Å². The van der Waals surface area contributed by atoms with E-state index in [-0.39, 0.29) is 0 Å². The Balaban J connectivity index is 2.74. The van der Waals surface area contributed by atoms with Crippen LogP contribution in [0.2, 0.25) is 0 Å². The fourth-order valence-corrected chi connectivity index (χ4v) is 2.65. The van der Waals surface area contributed by atoms with Crippen molar-refractivity contribution >= 4 is 11.0 Å².